The van der Waals surface area contributed by atoms with Gasteiger partial charge in [0.15, 0.2) is 40.7 Å². The van der Waals surface area contributed by atoms with Crippen LogP contribution in [-0.4, -0.2) is 116 Å². The van der Waals surface area contributed by atoms with E-state index in [9.17, 15) is 43.5 Å². The zero-order chi connectivity index (χ0) is 76.0. The van der Waals surface area contributed by atoms with E-state index >= 15 is 0 Å². The fourth-order valence-corrected chi connectivity index (χ4v) is 14.2. The van der Waals surface area contributed by atoms with Gasteiger partial charge < -0.3 is 43.9 Å². The van der Waals surface area contributed by atoms with Crippen LogP contribution in [0.4, 0.5) is 21.0 Å². The number of nitrogens with one attached hydrogen (secondary N) is 2. The Morgan fingerprint density at radius 3 is 1.21 bits per heavy atom. The fourth-order valence-electron chi connectivity index (χ4n) is 11.7. The highest BCUT2D eigenvalue weighted by Crippen LogP contribution is 2.47. The van der Waals surface area contributed by atoms with Crippen LogP contribution in [0.15, 0.2) is 121 Å². The third-order valence-electron chi connectivity index (χ3n) is 21.4. The van der Waals surface area contributed by atoms with Crippen LogP contribution < -0.4 is 20.4 Å². The van der Waals surface area contributed by atoms with Crippen LogP contribution in [0, 0.1) is 44.4 Å². The van der Waals surface area contributed by atoms with Crippen molar-refractivity contribution in [2.75, 3.05) is 9.80 Å². The smallest absolute Gasteiger partial charge is 0.416 e. The molecular formula is C81H112N6O13Si2. The molecule has 4 aromatic carbocycles. The van der Waals surface area contributed by atoms with Crippen LogP contribution in [0.25, 0.3) is 0 Å². The van der Waals surface area contributed by atoms with Crippen LogP contribution in [0.3, 0.4) is 0 Å². The quantitative estimate of drug-likeness (QED) is 0.0623. The second-order valence-corrected chi connectivity index (χ2v) is 41.3. The Morgan fingerprint density at radius 2 is 0.863 bits per heavy atom. The molecule has 4 aliphatic rings. The molecule has 6 amide bonds. The highest BCUT2D eigenvalue weighted by Gasteiger charge is 2.53. The lowest BCUT2D eigenvalue weighted by atomic mass is 9.96. The molecule has 0 saturated heterocycles. The Morgan fingerprint density at radius 1 is 0.529 bits per heavy atom. The van der Waals surface area contributed by atoms with Crippen LogP contribution in [0.5, 0.6) is 5.75 Å². The first-order valence-corrected chi connectivity index (χ1v) is 41.7. The van der Waals surface area contributed by atoms with Gasteiger partial charge >= 0.3 is 12.2 Å². The fraction of sp³-hybridized carbons (Fsp3) is 0.506. The summed E-state index contributed by atoms with van der Waals surface area (Å²) in [5.74, 6) is -1.000. The number of nitrogens with zero attached hydrogens (tertiary/aromatic N) is 4. The minimum Gasteiger partial charge on any atom is -0.508 e. The van der Waals surface area contributed by atoms with Crippen LogP contribution in [-0.2, 0) is 63.6 Å². The lowest BCUT2D eigenvalue weighted by Gasteiger charge is -2.44. The van der Waals surface area contributed by atoms with Crippen molar-refractivity contribution in [1.82, 2.24) is 20.4 Å². The molecule has 19 nitrogen and oxygen atoms in total. The summed E-state index contributed by atoms with van der Waals surface area (Å²) < 4.78 is 26.1. The molecule has 0 spiro atoms. The second-order valence-electron chi connectivity index (χ2n) is 31.8. The molecule has 8 rings (SSSR count). The maximum absolute atomic E-state index is 14.4. The standard InChI is InChI=1S/C41H57N3O6Si.C40H55N3O7Si/c1-13-14-32-21-35-39(50-51(11,12)41(8,9)10)44(34-20-27(5)26(4)19-33(34)38(47)43(35)23-32)40(48)49-24-31-17-15-30(16-18-31)22-36(45)29(7)42-37(46)28(6)25(2)3;1-12-13-30-19-33-38(50-51(10,11)40(7,8)9)43(32-21-34(44)25(4)18-31(32)37(47)42(33)22-30)39(48)49-23-29-16-14-28(15-17-29)20-35(45)27(6)41-36(46)26(5)24(2)3/h13-20,23,25,28-29,35,39H,21-22,24H2,1-12H3,(H,42,46);12-18,21-22,24,26-27,33,38,44H,19-20,23H2,1-11H3,(H,41,46)/b14-13+;13-12+/t28-,29-,35-,39-;26-,27-,33-,38-/m00/s1. The molecule has 0 unspecified atom stereocenters. The zero-order valence-electron chi connectivity index (χ0n) is 64.5. The van der Waals surface area contributed by atoms with Gasteiger partial charge in [0.05, 0.1) is 46.7 Å². The Balaban J connectivity index is 0.000000286. The number of aromatic hydroxyl groups is 1. The minimum atomic E-state index is -2.55. The second kappa shape index (κ2) is 33.0. The van der Waals surface area contributed by atoms with E-state index in [0.717, 1.165) is 39.0 Å². The number of phenols is 1. The topological polar surface area (TPSA) is 231 Å². The number of fused-ring (bicyclic) bond motifs is 4. The Labute approximate surface area is 607 Å². The number of allylic oxidation sites excluding steroid dienone is 4. The summed E-state index contributed by atoms with van der Waals surface area (Å²) in [6.45, 7) is 45.7. The molecule has 4 aliphatic heterocycles. The van der Waals surface area contributed by atoms with E-state index in [2.05, 4.69) is 78.4 Å². The van der Waals surface area contributed by atoms with Crippen LogP contribution >= 0.6 is 0 Å². The zero-order valence-corrected chi connectivity index (χ0v) is 66.5. The van der Waals surface area contributed by atoms with E-state index < -0.39 is 65.4 Å². The predicted octanol–water partition coefficient (Wildman–Crippen LogP) is 16.2. The first-order valence-electron chi connectivity index (χ1n) is 35.9. The first kappa shape index (κ1) is 81.1. The van der Waals surface area contributed by atoms with Gasteiger partial charge in [-0.25, -0.2) is 19.4 Å². The summed E-state index contributed by atoms with van der Waals surface area (Å²) in [6.07, 6.45) is 9.85. The van der Waals surface area contributed by atoms with E-state index in [4.69, 9.17) is 18.3 Å². The number of ketones is 2. The average molecular weight is 1430 g/mol. The summed E-state index contributed by atoms with van der Waals surface area (Å²) in [7, 11) is -5.03. The van der Waals surface area contributed by atoms with Crippen molar-refractivity contribution in [3.8, 4) is 5.75 Å². The molecule has 4 aromatic rings. The van der Waals surface area contributed by atoms with Gasteiger partial charge in [-0.2, -0.15) is 0 Å². The van der Waals surface area contributed by atoms with Crippen molar-refractivity contribution < 1.29 is 61.8 Å². The van der Waals surface area contributed by atoms with Gasteiger partial charge in [-0.15, -0.1) is 0 Å². The highest BCUT2D eigenvalue weighted by molar-refractivity contribution is 6.74. The number of rotatable bonds is 22. The molecule has 102 heavy (non-hydrogen) atoms. The van der Waals surface area contributed by atoms with Crippen molar-refractivity contribution in [1.29, 1.82) is 0 Å². The van der Waals surface area contributed by atoms with Crippen LogP contribution in [0.1, 0.15) is 183 Å². The Hall–Kier alpha value is -8.25. The normalized spacial score (nSPS) is 19.0. The van der Waals surface area contributed by atoms with Gasteiger partial charge in [0.2, 0.25) is 11.8 Å². The van der Waals surface area contributed by atoms with Gasteiger partial charge in [0.25, 0.3) is 11.8 Å². The predicted molar refractivity (Wildman–Crippen MR) is 407 cm³/mol. The molecule has 8 atom stereocenters. The molecule has 4 heterocycles. The Kier molecular flexibility index (Phi) is 26.2. The summed E-state index contributed by atoms with van der Waals surface area (Å²) in [4.78, 5) is 114. The number of amides is 6. The molecule has 3 N–H and O–H groups in total. The summed E-state index contributed by atoms with van der Waals surface area (Å²) >= 11 is 0. The van der Waals surface area contributed by atoms with Gasteiger partial charge in [-0.1, -0.05) is 156 Å². The largest absolute Gasteiger partial charge is 0.508 e. The van der Waals surface area contributed by atoms with Gasteiger partial charge in [0.1, 0.15) is 19.0 Å². The van der Waals surface area contributed by atoms with Gasteiger partial charge in [-0.3, -0.25) is 28.8 Å². The summed E-state index contributed by atoms with van der Waals surface area (Å²) in [5.41, 5.74) is 8.75. The number of hydrogen-bond acceptors (Lipinski definition) is 13. The van der Waals surface area contributed by atoms with Gasteiger partial charge in [-0.05, 0) is 178 Å². The third-order valence-corrected chi connectivity index (χ3v) is 30.3. The van der Waals surface area contributed by atoms with E-state index in [1.165, 1.54) is 11.0 Å². The molecule has 0 fully saturated rings. The van der Waals surface area contributed by atoms with Crippen LogP contribution in [0.2, 0.25) is 36.3 Å². The van der Waals surface area contributed by atoms with Crippen molar-refractivity contribution in [3.63, 3.8) is 0 Å². The highest BCUT2D eigenvalue weighted by atomic mass is 28.4. The third kappa shape index (κ3) is 18.9. The van der Waals surface area contributed by atoms with E-state index in [0.29, 0.717) is 35.2 Å². The number of ether oxygens (including phenoxy) is 2. The molecule has 552 valence electrons. The lowest BCUT2D eigenvalue weighted by molar-refractivity contribution is -0.130. The first-order chi connectivity index (χ1) is 47.5. The number of carbonyl (C=O) groups excluding carboxylic acids is 8. The molecule has 0 aromatic heterocycles. The van der Waals surface area contributed by atoms with Crippen molar-refractivity contribution in [2.24, 2.45) is 23.7 Å². The van der Waals surface area contributed by atoms with E-state index in [1.807, 2.05) is 142 Å². The minimum absolute atomic E-state index is 0.0134. The molecule has 21 heteroatoms. The molecular weight excluding hydrogens is 1320 g/mol. The number of phenolic OH excluding ortho intramolecular Hbond substituents is 1. The Bertz CT molecular complexity index is 3660. The number of benzene rings is 4. The number of aryl methyl sites for hydroxylation is 3. The van der Waals surface area contributed by atoms with Crippen molar-refractivity contribution in [3.05, 3.63) is 171 Å². The van der Waals surface area contributed by atoms with Crippen molar-refractivity contribution >= 4 is 75.4 Å². The SMILES string of the molecule is C/C=C/C1=CN2C(=O)c3cc(C)c(C)cc3N(C(=O)OCc3ccc(CC(=O)[C@H](C)NC(=O)[C@@H](C)C(C)C)cc3)[C@@H](O[Si](C)(C)C(C)(C)C)[C@@H]2C1.C/C=C/C1=CN2C(=O)c3cc(C)c(O)cc3N(C(=O)OCc3ccc(CC(=O)[C@H](C)NC(=O)[C@@H](C)C(C)C)cc3)[C@@H](O[Si](C)(C)C(C)(C)C)[C@@H]2C1. The van der Waals surface area contributed by atoms with Crippen molar-refractivity contribution in [2.45, 2.75) is 243 Å². The molecule has 0 radical (unpaired) electrons. The number of anilines is 2. The summed E-state index contributed by atoms with van der Waals surface area (Å²) in [6, 6.07) is 19.2. The lowest BCUT2D eigenvalue weighted by Crippen LogP contribution is -2.57. The molecule has 0 bridgehead atoms. The average Bonchev–Trinajstić information content (AvgIpc) is 1.58. The monoisotopic (exact) mass is 1430 g/mol. The number of hydrogen-bond donors (Lipinski definition) is 3. The molecule has 0 aliphatic carbocycles. The van der Waals surface area contributed by atoms with E-state index in [1.54, 1.807) is 65.8 Å². The summed E-state index contributed by atoms with van der Waals surface area (Å²) in [5, 5.41) is 16.1. The van der Waals surface area contributed by atoms with Gasteiger partial charge in [0, 0.05) is 43.1 Å². The maximum Gasteiger partial charge on any atom is 0.416 e. The number of Topliss-reactive ketones (excluding diaryl/α,β-unsaturated/α-hetero) is 2. The molecule has 0 saturated carbocycles. The van der Waals surface area contributed by atoms with E-state index in [-0.39, 0.29) is 112 Å². The number of carbonyl (C=O) groups is 8. The maximum atomic E-state index is 14.4.